The highest BCUT2D eigenvalue weighted by atomic mass is 16.5. The summed E-state index contributed by atoms with van der Waals surface area (Å²) in [7, 11) is 0. The van der Waals surface area contributed by atoms with Gasteiger partial charge >= 0.3 is 0 Å². The summed E-state index contributed by atoms with van der Waals surface area (Å²) in [6, 6.07) is 7.83. The van der Waals surface area contributed by atoms with E-state index in [0.29, 0.717) is 11.3 Å². The van der Waals surface area contributed by atoms with Crippen LogP contribution in [0.3, 0.4) is 0 Å². The van der Waals surface area contributed by atoms with Gasteiger partial charge in [-0.25, -0.2) is 0 Å². The van der Waals surface area contributed by atoms with E-state index in [-0.39, 0.29) is 18.6 Å². The van der Waals surface area contributed by atoms with Gasteiger partial charge in [-0.15, -0.1) is 0 Å². The van der Waals surface area contributed by atoms with Crippen molar-refractivity contribution in [2.75, 3.05) is 19.7 Å². The summed E-state index contributed by atoms with van der Waals surface area (Å²) in [6.45, 7) is 2.19. The molecule has 0 atom stereocenters. The summed E-state index contributed by atoms with van der Waals surface area (Å²) in [5.74, 6) is 0.522. The van der Waals surface area contributed by atoms with E-state index in [2.05, 4.69) is 10.2 Å². The number of carbonyl (C=O) groups excluding carboxylic acids is 2. The van der Waals surface area contributed by atoms with Crippen molar-refractivity contribution in [3.05, 3.63) is 29.8 Å². The van der Waals surface area contributed by atoms with Gasteiger partial charge in [-0.05, 0) is 49.9 Å². The molecule has 0 unspecified atom stereocenters. The zero-order chi connectivity index (χ0) is 15.4. The van der Waals surface area contributed by atoms with Gasteiger partial charge in [-0.1, -0.05) is 0 Å². The molecule has 1 saturated carbocycles. The van der Waals surface area contributed by atoms with Crippen LogP contribution in [0, 0.1) is 0 Å². The number of hydrogen-bond acceptors (Lipinski definition) is 4. The van der Waals surface area contributed by atoms with Crippen LogP contribution in [-0.4, -0.2) is 48.9 Å². The Hall–Kier alpha value is -1.88. The average molecular weight is 302 g/mol. The fraction of sp³-hybridized carbons (Fsp3) is 0.529. The van der Waals surface area contributed by atoms with Gasteiger partial charge in [0.15, 0.2) is 6.61 Å². The van der Waals surface area contributed by atoms with Gasteiger partial charge in [0.1, 0.15) is 12.0 Å². The van der Waals surface area contributed by atoms with E-state index in [1.54, 1.807) is 24.3 Å². The van der Waals surface area contributed by atoms with Crippen LogP contribution in [0.4, 0.5) is 0 Å². The zero-order valence-corrected chi connectivity index (χ0v) is 12.7. The van der Waals surface area contributed by atoms with Gasteiger partial charge < -0.3 is 15.0 Å². The van der Waals surface area contributed by atoms with Crippen molar-refractivity contribution in [1.82, 2.24) is 10.2 Å². The molecule has 1 aromatic rings. The number of likely N-dealkylation sites (tertiary alicyclic amines) is 1. The van der Waals surface area contributed by atoms with Gasteiger partial charge in [-0.3, -0.25) is 9.59 Å². The predicted molar refractivity (Wildman–Crippen MR) is 83.1 cm³/mol. The van der Waals surface area contributed by atoms with E-state index in [9.17, 15) is 9.59 Å². The highest BCUT2D eigenvalue weighted by molar-refractivity contribution is 5.78. The molecule has 0 bridgehead atoms. The summed E-state index contributed by atoms with van der Waals surface area (Å²) >= 11 is 0. The molecule has 1 aromatic carbocycles. The third-order valence-corrected chi connectivity index (χ3v) is 4.34. The van der Waals surface area contributed by atoms with Crippen molar-refractivity contribution in [3.63, 3.8) is 0 Å². The molecule has 118 valence electrons. The third-order valence-electron chi connectivity index (χ3n) is 4.34. The summed E-state index contributed by atoms with van der Waals surface area (Å²) in [5.41, 5.74) is 0.597. The number of ether oxygens (including phenoxy) is 1. The molecule has 1 N–H and O–H groups in total. The number of aldehydes is 1. The van der Waals surface area contributed by atoms with Crippen molar-refractivity contribution >= 4 is 12.2 Å². The number of piperidine rings is 1. The van der Waals surface area contributed by atoms with Crippen LogP contribution in [0.25, 0.3) is 0 Å². The summed E-state index contributed by atoms with van der Waals surface area (Å²) < 4.78 is 5.44. The van der Waals surface area contributed by atoms with E-state index in [0.717, 1.165) is 38.3 Å². The summed E-state index contributed by atoms with van der Waals surface area (Å²) in [6.07, 6.45) is 5.51. The SMILES string of the molecule is O=Cc1ccc(OCC(=O)NC2CCN(C3CC3)CC2)cc1. The molecule has 22 heavy (non-hydrogen) atoms. The largest absolute Gasteiger partial charge is 0.484 e. The predicted octanol–water partition coefficient (Wildman–Crippen LogP) is 1.62. The molecule has 1 amide bonds. The van der Waals surface area contributed by atoms with Crippen molar-refractivity contribution < 1.29 is 14.3 Å². The molecule has 2 aliphatic rings. The highest BCUT2D eigenvalue weighted by Gasteiger charge is 2.32. The molecule has 0 spiro atoms. The first-order valence-electron chi connectivity index (χ1n) is 7.96. The first-order chi connectivity index (χ1) is 10.7. The van der Waals surface area contributed by atoms with E-state index in [1.807, 2.05) is 0 Å². The highest BCUT2D eigenvalue weighted by Crippen LogP contribution is 2.29. The molecule has 3 rings (SSSR count). The number of nitrogens with zero attached hydrogens (tertiary/aromatic N) is 1. The van der Waals surface area contributed by atoms with Gasteiger partial charge in [0.2, 0.25) is 0 Å². The number of hydrogen-bond donors (Lipinski definition) is 1. The Balaban J connectivity index is 1.37. The number of rotatable bonds is 6. The van der Waals surface area contributed by atoms with Crippen molar-refractivity contribution in [3.8, 4) is 5.75 Å². The molecule has 5 heteroatoms. The van der Waals surface area contributed by atoms with E-state index in [4.69, 9.17) is 4.74 Å². The maximum atomic E-state index is 11.9. The minimum atomic E-state index is -0.0793. The molecule has 2 fully saturated rings. The molecular weight excluding hydrogens is 280 g/mol. The number of carbonyl (C=O) groups is 2. The van der Waals surface area contributed by atoms with E-state index < -0.39 is 0 Å². The lowest BCUT2D eigenvalue weighted by Crippen LogP contribution is -2.46. The Labute approximate surface area is 130 Å². The maximum Gasteiger partial charge on any atom is 0.258 e. The van der Waals surface area contributed by atoms with Crippen LogP contribution in [0.15, 0.2) is 24.3 Å². The lowest BCUT2D eigenvalue weighted by atomic mass is 10.0. The lowest BCUT2D eigenvalue weighted by molar-refractivity contribution is -0.124. The quantitative estimate of drug-likeness (QED) is 0.811. The standard InChI is InChI=1S/C17H22N2O3/c20-11-13-1-5-16(6-2-13)22-12-17(21)18-14-7-9-19(10-8-14)15-3-4-15/h1-2,5-6,11,14-15H,3-4,7-10,12H2,(H,18,21). The van der Waals surface area contributed by atoms with Crippen LogP contribution >= 0.6 is 0 Å². The third kappa shape index (κ3) is 4.07. The zero-order valence-electron chi connectivity index (χ0n) is 12.7. The van der Waals surface area contributed by atoms with Gasteiger partial charge in [0, 0.05) is 30.7 Å². The number of nitrogens with one attached hydrogen (secondary N) is 1. The maximum absolute atomic E-state index is 11.9. The van der Waals surface area contributed by atoms with Crippen molar-refractivity contribution in [2.45, 2.75) is 37.8 Å². The normalized spacial score (nSPS) is 19.6. The number of benzene rings is 1. The Morgan fingerprint density at radius 3 is 2.45 bits per heavy atom. The van der Waals surface area contributed by atoms with Crippen LogP contribution in [0.5, 0.6) is 5.75 Å². The van der Waals surface area contributed by atoms with Crippen LogP contribution < -0.4 is 10.1 Å². The average Bonchev–Trinajstić information content (AvgIpc) is 3.39. The fourth-order valence-corrected chi connectivity index (χ4v) is 2.91. The summed E-state index contributed by atoms with van der Waals surface area (Å²) in [4.78, 5) is 25.0. The molecule has 1 aliphatic heterocycles. The molecule has 5 nitrogen and oxygen atoms in total. The van der Waals surface area contributed by atoms with E-state index >= 15 is 0 Å². The van der Waals surface area contributed by atoms with Gasteiger partial charge in [0.05, 0.1) is 0 Å². The molecule has 1 saturated heterocycles. The van der Waals surface area contributed by atoms with Crippen LogP contribution in [-0.2, 0) is 4.79 Å². The van der Waals surface area contributed by atoms with Crippen molar-refractivity contribution in [2.24, 2.45) is 0 Å². The Morgan fingerprint density at radius 2 is 1.86 bits per heavy atom. The first-order valence-corrected chi connectivity index (χ1v) is 7.96. The molecule has 1 aliphatic carbocycles. The monoisotopic (exact) mass is 302 g/mol. The van der Waals surface area contributed by atoms with Gasteiger partial charge in [-0.2, -0.15) is 0 Å². The Kier molecular flexibility index (Phi) is 4.73. The van der Waals surface area contributed by atoms with Crippen LogP contribution in [0.1, 0.15) is 36.0 Å². The minimum Gasteiger partial charge on any atom is -0.484 e. The second-order valence-electron chi connectivity index (χ2n) is 6.08. The Bertz CT molecular complexity index is 517. The van der Waals surface area contributed by atoms with E-state index in [1.165, 1.54) is 12.8 Å². The minimum absolute atomic E-state index is 0.0171. The molecule has 0 aromatic heterocycles. The Morgan fingerprint density at radius 1 is 1.18 bits per heavy atom. The smallest absolute Gasteiger partial charge is 0.258 e. The first kappa shape index (κ1) is 15.0. The second kappa shape index (κ2) is 6.92. The second-order valence-corrected chi connectivity index (χ2v) is 6.08. The van der Waals surface area contributed by atoms with Gasteiger partial charge in [0.25, 0.3) is 5.91 Å². The fourth-order valence-electron chi connectivity index (χ4n) is 2.91. The molecule has 1 heterocycles. The topological polar surface area (TPSA) is 58.6 Å². The summed E-state index contributed by atoms with van der Waals surface area (Å²) in [5, 5.41) is 3.04. The van der Waals surface area contributed by atoms with Crippen LogP contribution in [0.2, 0.25) is 0 Å². The lowest BCUT2D eigenvalue weighted by Gasteiger charge is -2.32. The molecular formula is C17H22N2O3. The van der Waals surface area contributed by atoms with Crippen molar-refractivity contribution in [1.29, 1.82) is 0 Å². The number of amides is 1. The molecule has 0 radical (unpaired) electrons.